The lowest BCUT2D eigenvalue weighted by molar-refractivity contribution is -0.0855. The molecular weight excluding hydrogens is 477 g/mol. The van der Waals surface area contributed by atoms with Crippen molar-refractivity contribution in [1.82, 2.24) is 29.6 Å². The summed E-state index contributed by atoms with van der Waals surface area (Å²) in [6, 6.07) is 1.99. The van der Waals surface area contributed by atoms with Crippen LogP contribution in [-0.4, -0.2) is 74.8 Å². The molecule has 2 fully saturated rings. The molecule has 2 aliphatic heterocycles. The van der Waals surface area contributed by atoms with Gasteiger partial charge in [-0.25, -0.2) is 9.07 Å². The number of hydrogen-bond donors (Lipinski definition) is 2. The van der Waals surface area contributed by atoms with Gasteiger partial charge in [0.1, 0.15) is 11.8 Å². The fraction of sp³-hybridized carbons (Fsp3) is 0.526. The van der Waals surface area contributed by atoms with E-state index in [9.17, 15) is 4.39 Å². The number of ether oxygens (including phenoxy) is 2. The van der Waals surface area contributed by atoms with Crippen molar-refractivity contribution in [3.05, 3.63) is 23.6 Å². The fourth-order valence-electron chi connectivity index (χ4n) is 3.98. The van der Waals surface area contributed by atoms with Crippen molar-refractivity contribution in [3.63, 3.8) is 0 Å². The third-order valence-electron chi connectivity index (χ3n) is 5.53. The van der Waals surface area contributed by atoms with Gasteiger partial charge in [0.15, 0.2) is 5.15 Å². The Balaban J connectivity index is 0.00000144. The van der Waals surface area contributed by atoms with Crippen LogP contribution in [0, 0.1) is 0 Å². The summed E-state index contributed by atoms with van der Waals surface area (Å²) in [7, 11) is 0. The molecule has 0 bridgehead atoms. The molecule has 2 N–H and O–H groups in total. The molecule has 3 aromatic rings. The molecule has 5 rings (SSSR count). The van der Waals surface area contributed by atoms with Gasteiger partial charge in [-0.1, -0.05) is 11.6 Å². The lowest BCUT2D eigenvalue weighted by Gasteiger charge is -2.43. The molecule has 2 atom stereocenters. The summed E-state index contributed by atoms with van der Waals surface area (Å²) in [6.45, 7) is 4.81. The lowest BCUT2D eigenvalue weighted by atomic mass is 10.0. The largest absolute Gasteiger partial charge is 0.477 e. The predicted molar refractivity (Wildman–Crippen MR) is 131 cm³/mol. The van der Waals surface area contributed by atoms with Crippen molar-refractivity contribution in [2.45, 2.75) is 31.6 Å². The highest BCUT2D eigenvalue weighted by atomic mass is 35.5. The SMILES string of the molecule is CCOc1nc(Nc2cnn([C@H]3C[C@H](F)CN(C4COC4)C3)c2Cl)nc2[nH]ccc12.S.S. The van der Waals surface area contributed by atoms with Gasteiger partial charge in [0.2, 0.25) is 11.8 Å². The van der Waals surface area contributed by atoms with Crippen molar-refractivity contribution >= 4 is 61.3 Å². The Morgan fingerprint density at radius 1 is 1.28 bits per heavy atom. The van der Waals surface area contributed by atoms with E-state index in [-0.39, 0.29) is 39.1 Å². The molecule has 9 nitrogen and oxygen atoms in total. The number of rotatable bonds is 6. The summed E-state index contributed by atoms with van der Waals surface area (Å²) in [5.74, 6) is 0.829. The third-order valence-corrected chi connectivity index (χ3v) is 5.91. The highest BCUT2D eigenvalue weighted by Crippen LogP contribution is 2.33. The molecule has 0 radical (unpaired) electrons. The second-order valence-electron chi connectivity index (χ2n) is 7.58. The number of alkyl halides is 1. The lowest BCUT2D eigenvalue weighted by Crippen LogP contribution is -2.55. The number of halogens is 2. The van der Waals surface area contributed by atoms with E-state index in [2.05, 4.69) is 30.3 Å². The molecule has 0 aliphatic carbocycles. The van der Waals surface area contributed by atoms with Crippen LogP contribution in [-0.2, 0) is 4.74 Å². The zero-order chi connectivity index (χ0) is 20.7. The minimum absolute atomic E-state index is 0. The highest BCUT2D eigenvalue weighted by molar-refractivity contribution is 7.59. The Kier molecular flexibility index (Phi) is 8.15. The summed E-state index contributed by atoms with van der Waals surface area (Å²) in [4.78, 5) is 14.1. The monoisotopic (exact) mass is 503 g/mol. The smallest absolute Gasteiger partial charge is 0.232 e. The maximum absolute atomic E-state index is 14.4. The summed E-state index contributed by atoms with van der Waals surface area (Å²) in [6.07, 6.45) is 2.85. The van der Waals surface area contributed by atoms with E-state index in [4.69, 9.17) is 21.1 Å². The quantitative estimate of drug-likeness (QED) is 0.533. The second-order valence-corrected chi connectivity index (χ2v) is 7.93. The maximum atomic E-state index is 14.4. The predicted octanol–water partition coefficient (Wildman–Crippen LogP) is 3.16. The zero-order valence-electron chi connectivity index (χ0n) is 17.5. The molecule has 13 heteroatoms. The van der Waals surface area contributed by atoms with E-state index in [1.165, 1.54) is 0 Å². The van der Waals surface area contributed by atoms with E-state index in [0.717, 1.165) is 5.39 Å². The average Bonchev–Trinajstić information content (AvgIpc) is 3.27. The molecule has 5 heterocycles. The van der Waals surface area contributed by atoms with E-state index < -0.39 is 6.17 Å². The number of H-pyrrole nitrogens is 1. The fourth-order valence-corrected chi connectivity index (χ4v) is 4.25. The van der Waals surface area contributed by atoms with Gasteiger partial charge in [-0.05, 0) is 13.0 Å². The third kappa shape index (κ3) is 4.79. The van der Waals surface area contributed by atoms with Gasteiger partial charge in [0.25, 0.3) is 0 Å². The van der Waals surface area contributed by atoms with Gasteiger partial charge in [-0.3, -0.25) is 4.90 Å². The van der Waals surface area contributed by atoms with Crippen molar-refractivity contribution in [2.24, 2.45) is 0 Å². The summed E-state index contributed by atoms with van der Waals surface area (Å²) in [5.41, 5.74) is 1.22. The van der Waals surface area contributed by atoms with E-state index in [0.29, 0.717) is 67.6 Å². The van der Waals surface area contributed by atoms with E-state index in [1.807, 2.05) is 13.0 Å². The molecule has 0 spiro atoms. The van der Waals surface area contributed by atoms with Crippen LogP contribution in [0.25, 0.3) is 11.0 Å². The second kappa shape index (κ2) is 10.5. The molecule has 2 saturated heterocycles. The summed E-state index contributed by atoms with van der Waals surface area (Å²) < 4.78 is 27.0. The summed E-state index contributed by atoms with van der Waals surface area (Å²) in [5, 5.41) is 8.74. The molecule has 0 amide bonds. The molecule has 0 saturated carbocycles. The van der Waals surface area contributed by atoms with Crippen LogP contribution in [0.3, 0.4) is 0 Å². The van der Waals surface area contributed by atoms with Gasteiger partial charge < -0.3 is 19.8 Å². The first-order valence-corrected chi connectivity index (χ1v) is 10.4. The Bertz CT molecular complexity index is 1050. The van der Waals surface area contributed by atoms with Crippen LogP contribution in [0.4, 0.5) is 16.0 Å². The minimum atomic E-state index is -0.923. The number of aromatic nitrogens is 5. The van der Waals surface area contributed by atoms with Crippen molar-refractivity contribution < 1.29 is 13.9 Å². The Labute approximate surface area is 203 Å². The topological polar surface area (TPSA) is 93.1 Å². The highest BCUT2D eigenvalue weighted by Gasteiger charge is 2.36. The number of anilines is 2. The molecule has 2 aliphatic rings. The van der Waals surface area contributed by atoms with E-state index >= 15 is 0 Å². The van der Waals surface area contributed by atoms with Crippen LogP contribution in [0.15, 0.2) is 18.5 Å². The number of nitrogens with one attached hydrogen (secondary N) is 2. The molecular formula is C19H27ClFN7O2S2. The van der Waals surface area contributed by atoms with Gasteiger partial charge in [-0.15, -0.1) is 0 Å². The van der Waals surface area contributed by atoms with Crippen LogP contribution in [0.5, 0.6) is 5.88 Å². The number of aromatic amines is 1. The van der Waals surface area contributed by atoms with Gasteiger partial charge in [0.05, 0.1) is 49.2 Å². The Morgan fingerprint density at radius 2 is 2.09 bits per heavy atom. The first kappa shape index (κ1) is 24.9. The first-order valence-electron chi connectivity index (χ1n) is 10.1. The number of piperidine rings is 1. The summed E-state index contributed by atoms with van der Waals surface area (Å²) >= 11 is 6.61. The number of likely N-dealkylation sites (tertiary alicyclic amines) is 1. The number of nitrogens with zero attached hydrogens (tertiary/aromatic N) is 5. The van der Waals surface area contributed by atoms with Crippen molar-refractivity contribution in [2.75, 3.05) is 38.2 Å². The van der Waals surface area contributed by atoms with Crippen LogP contribution < -0.4 is 10.1 Å². The normalized spacial score (nSPS) is 21.5. The van der Waals surface area contributed by atoms with Crippen molar-refractivity contribution in [3.8, 4) is 5.88 Å². The number of fused-ring (bicyclic) bond motifs is 1. The van der Waals surface area contributed by atoms with E-state index in [1.54, 1.807) is 17.1 Å². The minimum Gasteiger partial charge on any atom is -0.477 e. The van der Waals surface area contributed by atoms with Gasteiger partial charge in [-0.2, -0.15) is 42.1 Å². The number of hydrogen-bond acceptors (Lipinski definition) is 7. The van der Waals surface area contributed by atoms with Crippen LogP contribution in [0.2, 0.25) is 5.15 Å². The molecule has 32 heavy (non-hydrogen) atoms. The molecule has 0 aromatic carbocycles. The van der Waals surface area contributed by atoms with Gasteiger partial charge >= 0.3 is 0 Å². The van der Waals surface area contributed by atoms with Gasteiger partial charge in [0, 0.05) is 25.7 Å². The van der Waals surface area contributed by atoms with Crippen LogP contribution in [0.1, 0.15) is 19.4 Å². The standard InChI is InChI=1S/C19H23ClFN7O2.2H2S/c1-2-30-18-14-3-4-22-17(14)25-19(26-18)24-15-6-23-28(16(15)20)12-5-11(21)7-27(8-12)13-9-29-10-13;;/h3-4,6,11-13H,2,5,7-10H2,1H3,(H2,22,24,25,26);2*1H2/t11-,12-;;/m0../s1. The molecule has 176 valence electrons. The Morgan fingerprint density at radius 3 is 2.81 bits per heavy atom. The maximum Gasteiger partial charge on any atom is 0.232 e. The Hall–Kier alpha value is -1.73. The molecule has 0 unspecified atom stereocenters. The zero-order valence-corrected chi connectivity index (χ0v) is 20.3. The van der Waals surface area contributed by atoms with Crippen molar-refractivity contribution in [1.29, 1.82) is 0 Å². The molecule has 3 aromatic heterocycles. The average molecular weight is 504 g/mol. The van der Waals surface area contributed by atoms with Crippen LogP contribution >= 0.6 is 38.6 Å². The first-order chi connectivity index (χ1) is 14.6.